The van der Waals surface area contributed by atoms with Crippen molar-refractivity contribution in [2.75, 3.05) is 19.8 Å². The molecule has 0 amide bonds. The number of rotatable bonds is 5. The molecule has 1 aliphatic heterocycles. The molecular formula is C15H23NO2. The Kier molecular flexibility index (Phi) is 5.02. The second-order valence-electron chi connectivity index (χ2n) is 4.90. The van der Waals surface area contributed by atoms with E-state index in [0.717, 1.165) is 25.2 Å². The zero-order valence-corrected chi connectivity index (χ0v) is 11.2. The summed E-state index contributed by atoms with van der Waals surface area (Å²) in [6, 6.07) is 6.23. The normalized spacial score (nSPS) is 19.8. The lowest BCUT2D eigenvalue weighted by molar-refractivity contribution is -0.0113. The van der Waals surface area contributed by atoms with Crippen molar-refractivity contribution in [2.45, 2.75) is 38.7 Å². The Labute approximate surface area is 109 Å². The predicted molar refractivity (Wildman–Crippen MR) is 73.0 cm³/mol. The molecule has 0 spiro atoms. The third kappa shape index (κ3) is 3.47. The molecule has 1 fully saturated rings. The molecule has 0 aromatic heterocycles. The second kappa shape index (κ2) is 6.76. The molecule has 0 bridgehead atoms. The monoisotopic (exact) mass is 249 g/mol. The van der Waals surface area contributed by atoms with Crippen molar-refractivity contribution >= 4 is 0 Å². The molecule has 2 N–H and O–H groups in total. The minimum Gasteiger partial charge on any atom is -0.490 e. The van der Waals surface area contributed by atoms with Crippen LogP contribution < -0.4 is 10.5 Å². The fraction of sp³-hybridized carbons (Fsp3) is 0.600. The maximum atomic E-state index is 5.98. The van der Waals surface area contributed by atoms with E-state index in [1.807, 2.05) is 0 Å². The van der Waals surface area contributed by atoms with Crippen LogP contribution in [0.25, 0.3) is 0 Å². The van der Waals surface area contributed by atoms with Crippen molar-refractivity contribution in [3.05, 3.63) is 29.3 Å². The molecule has 1 heterocycles. The van der Waals surface area contributed by atoms with Crippen LogP contribution in [0.4, 0.5) is 0 Å². The number of nitrogens with two attached hydrogens (primary N) is 1. The number of hydrogen-bond donors (Lipinski definition) is 1. The van der Waals surface area contributed by atoms with Gasteiger partial charge in [0, 0.05) is 6.61 Å². The Bertz CT molecular complexity index is 373. The van der Waals surface area contributed by atoms with Gasteiger partial charge in [0.05, 0.1) is 6.10 Å². The summed E-state index contributed by atoms with van der Waals surface area (Å²) in [6.07, 6.45) is 4.65. The topological polar surface area (TPSA) is 44.5 Å². The molecule has 0 aliphatic carbocycles. The molecule has 1 saturated heterocycles. The van der Waals surface area contributed by atoms with Gasteiger partial charge in [-0.1, -0.05) is 18.2 Å². The van der Waals surface area contributed by atoms with Crippen molar-refractivity contribution < 1.29 is 9.47 Å². The highest BCUT2D eigenvalue weighted by Gasteiger charge is 2.15. The fourth-order valence-electron chi connectivity index (χ4n) is 2.39. The molecule has 3 heteroatoms. The maximum absolute atomic E-state index is 5.98. The van der Waals surface area contributed by atoms with Gasteiger partial charge in [0.2, 0.25) is 0 Å². The lowest BCUT2D eigenvalue weighted by Crippen LogP contribution is -2.26. The third-order valence-corrected chi connectivity index (χ3v) is 3.39. The second-order valence-corrected chi connectivity index (χ2v) is 4.90. The fourth-order valence-corrected chi connectivity index (χ4v) is 2.39. The molecular weight excluding hydrogens is 226 g/mol. The van der Waals surface area contributed by atoms with Gasteiger partial charge in [0.1, 0.15) is 12.4 Å². The Morgan fingerprint density at radius 1 is 1.39 bits per heavy atom. The van der Waals surface area contributed by atoms with Crippen molar-refractivity contribution in [1.82, 2.24) is 0 Å². The number of ether oxygens (including phenoxy) is 2. The van der Waals surface area contributed by atoms with E-state index >= 15 is 0 Å². The lowest BCUT2D eigenvalue weighted by atomic mass is 10.1. The molecule has 1 unspecified atom stereocenters. The highest BCUT2D eigenvalue weighted by atomic mass is 16.5. The Hall–Kier alpha value is -1.06. The zero-order valence-electron chi connectivity index (χ0n) is 11.2. The Morgan fingerprint density at radius 3 is 3.00 bits per heavy atom. The number of benzene rings is 1. The predicted octanol–water partition coefficient (Wildman–Crippen LogP) is 2.44. The van der Waals surface area contributed by atoms with Gasteiger partial charge in [0.25, 0.3) is 0 Å². The van der Waals surface area contributed by atoms with Crippen LogP contribution in [-0.4, -0.2) is 25.9 Å². The minimum atomic E-state index is 0.254. The first-order valence-corrected chi connectivity index (χ1v) is 6.84. The summed E-state index contributed by atoms with van der Waals surface area (Å²) in [6.45, 7) is 4.26. The summed E-state index contributed by atoms with van der Waals surface area (Å²) >= 11 is 0. The molecule has 1 atom stereocenters. The van der Waals surface area contributed by atoms with E-state index in [9.17, 15) is 0 Å². The highest BCUT2D eigenvalue weighted by Crippen LogP contribution is 2.25. The summed E-state index contributed by atoms with van der Waals surface area (Å²) in [4.78, 5) is 0. The van der Waals surface area contributed by atoms with Crippen LogP contribution in [0, 0.1) is 6.92 Å². The molecule has 1 aromatic carbocycles. The van der Waals surface area contributed by atoms with Gasteiger partial charge in [-0.05, 0) is 50.3 Å². The largest absolute Gasteiger partial charge is 0.490 e. The third-order valence-electron chi connectivity index (χ3n) is 3.39. The molecule has 1 aliphatic rings. The van der Waals surface area contributed by atoms with Crippen molar-refractivity contribution in [1.29, 1.82) is 0 Å². The van der Waals surface area contributed by atoms with Crippen LogP contribution >= 0.6 is 0 Å². The van der Waals surface area contributed by atoms with Gasteiger partial charge < -0.3 is 15.2 Å². The highest BCUT2D eigenvalue weighted by molar-refractivity contribution is 5.41. The van der Waals surface area contributed by atoms with E-state index in [0.29, 0.717) is 13.2 Å². The first kappa shape index (κ1) is 13.4. The Morgan fingerprint density at radius 2 is 2.28 bits per heavy atom. The van der Waals surface area contributed by atoms with Crippen molar-refractivity contribution in [3.63, 3.8) is 0 Å². The zero-order chi connectivity index (χ0) is 12.8. The number of para-hydroxylation sites is 1. The van der Waals surface area contributed by atoms with Crippen LogP contribution in [-0.2, 0) is 11.2 Å². The van der Waals surface area contributed by atoms with Crippen molar-refractivity contribution in [2.24, 2.45) is 5.73 Å². The molecule has 0 radical (unpaired) electrons. The standard InChI is InChI=1S/C15H23NO2/c1-12-5-4-6-13(8-9-16)15(12)18-11-14-7-2-3-10-17-14/h4-6,14H,2-3,7-11,16H2,1H3. The lowest BCUT2D eigenvalue weighted by Gasteiger charge is -2.23. The first-order chi connectivity index (χ1) is 8.81. The SMILES string of the molecule is Cc1cccc(CCN)c1OCC1CCCCO1. The van der Waals surface area contributed by atoms with Crippen LogP contribution in [0.1, 0.15) is 30.4 Å². The maximum Gasteiger partial charge on any atom is 0.125 e. The molecule has 1 aromatic rings. The average Bonchev–Trinajstić information content (AvgIpc) is 2.40. The van der Waals surface area contributed by atoms with Gasteiger partial charge in [0.15, 0.2) is 0 Å². The van der Waals surface area contributed by atoms with Crippen LogP contribution in [0.15, 0.2) is 18.2 Å². The van der Waals surface area contributed by atoms with E-state index in [1.54, 1.807) is 0 Å². The Balaban J connectivity index is 1.98. The van der Waals surface area contributed by atoms with Gasteiger partial charge in [-0.25, -0.2) is 0 Å². The first-order valence-electron chi connectivity index (χ1n) is 6.84. The van der Waals surface area contributed by atoms with Gasteiger partial charge in [-0.2, -0.15) is 0 Å². The van der Waals surface area contributed by atoms with E-state index in [4.69, 9.17) is 15.2 Å². The summed E-state index contributed by atoms with van der Waals surface area (Å²) in [5.41, 5.74) is 8.02. The molecule has 18 heavy (non-hydrogen) atoms. The summed E-state index contributed by atoms with van der Waals surface area (Å²) in [5.74, 6) is 0.997. The number of aryl methyl sites for hydroxylation is 1. The smallest absolute Gasteiger partial charge is 0.125 e. The van der Waals surface area contributed by atoms with E-state index in [1.165, 1.54) is 24.0 Å². The molecule has 3 nitrogen and oxygen atoms in total. The molecule has 0 saturated carbocycles. The van der Waals surface area contributed by atoms with Crippen LogP contribution in [0.3, 0.4) is 0 Å². The van der Waals surface area contributed by atoms with Gasteiger partial charge in [-0.15, -0.1) is 0 Å². The van der Waals surface area contributed by atoms with Crippen LogP contribution in [0.2, 0.25) is 0 Å². The molecule has 2 rings (SSSR count). The van der Waals surface area contributed by atoms with E-state index < -0.39 is 0 Å². The van der Waals surface area contributed by atoms with Gasteiger partial charge >= 0.3 is 0 Å². The van der Waals surface area contributed by atoms with Crippen LogP contribution in [0.5, 0.6) is 5.75 Å². The quantitative estimate of drug-likeness (QED) is 0.871. The molecule has 100 valence electrons. The van der Waals surface area contributed by atoms with Crippen molar-refractivity contribution in [3.8, 4) is 5.75 Å². The summed E-state index contributed by atoms with van der Waals surface area (Å²) in [5, 5.41) is 0. The van der Waals surface area contributed by atoms with Gasteiger partial charge in [-0.3, -0.25) is 0 Å². The van der Waals surface area contributed by atoms with E-state index in [2.05, 4.69) is 25.1 Å². The van der Waals surface area contributed by atoms with E-state index in [-0.39, 0.29) is 6.10 Å². The summed E-state index contributed by atoms with van der Waals surface area (Å²) < 4.78 is 11.7. The minimum absolute atomic E-state index is 0.254. The average molecular weight is 249 g/mol. The summed E-state index contributed by atoms with van der Waals surface area (Å²) in [7, 11) is 0. The number of hydrogen-bond acceptors (Lipinski definition) is 3.